The molecule has 1 aromatic carbocycles. The Hall–Kier alpha value is -2.24. The number of aromatic hydroxyl groups is 1. The highest BCUT2D eigenvalue weighted by molar-refractivity contribution is 5.86. The van der Waals surface area contributed by atoms with Gasteiger partial charge < -0.3 is 15.7 Å². The Morgan fingerprint density at radius 2 is 2.25 bits per heavy atom. The van der Waals surface area contributed by atoms with Crippen LogP contribution in [0.1, 0.15) is 5.56 Å². The number of hydrogen-bond acceptors (Lipinski definition) is 4. The first kappa shape index (κ1) is 11.8. The Morgan fingerprint density at radius 3 is 2.81 bits per heavy atom. The van der Waals surface area contributed by atoms with Gasteiger partial charge in [0, 0.05) is 25.3 Å². The highest BCUT2D eigenvalue weighted by atomic mass is 16.3. The van der Waals surface area contributed by atoms with Crippen LogP contribution in [0.3, 0.4) is 0 Å². The van der Waals surface area contributed by atoms with Crippen molar-refractivity contribution in [1.29, 1.82) is 5.41 Å². The first-order valence-corrected chi connectivity index (χ1v) is 4.64. The molecule has 1 rings (SSSR count). The van der Waals surface area contributed by atoms with Crippen LogP contribution in [0.5, 0.6) is 5.75 Å². The van der Waals surface area contributed by atoms with Crippen molar-refractivity contribution in [3.8, 4) is 5.75 Å². The number of nitrogens with zero attached hydrogens (tertiary/aromatic N) is 2. The minimum absolute atomic E-state index is 0.125. The molecule has 0 spiro atoms. The molecule has 0 saturated heterocycles. The molecule has 0 fully saturated rings. The minimum Gasteiger partial charge on any atom is -0.507 e. The maximum atomic E-state index is 9.56. The smallest absolute Gasteiger partial charge is 0.206 e. The van der Waals surface area contributed by atoms with Crippen LogP contribution >= 0.6 is 0 Å². The number of rotatable bonds is 3. The van der Waals surface area contributed by atoms with Crippen molar-refractivity contribution in [2.75, 3.05) is 19.0 Å². The van der Waals surface area contributed by atoms with Crippen molar-refractivity contribution >= 4 is 17.9 Å². The average molecular weight is 221 g/mol. The van der Waals surface area contributed by atoms with E-state index in [1.54, 1.807) is 18.2 Å². The molecule has 0 aromatic heterocycles. The lowest BCUT2D eigenvalue weighted by molar-refractivity contribution is 0.474. The van der Waals surface area contributed by atoms with E-state index in [0.717, 1.165) is 5.69 Å². The van der Waals surface area contributed by atoms with E-state index in [9.17, 15) is 5.11 Å². The predicted molar refractivity (Wildman–Crippen MR) is 65.1 cm³/mol. The SMILES string of the molecule is CN(C)c1ccc(O)c(/C=N/NC(=N)N)c1. The van der Waals surface area contributed by atoms with Crippen LogP contribution in [-0.4, -0.2) is 31.4 Å². The maximum absolute atomic E-state index is 9.56. The summed E-state index contributed by atoms with van der Waals surface area (Å²) in [4.78, 5) is 1.91. The highest BCUT2D eigenvalue weighted by Crippen LogP contribution is 2.21. The normalized spacial score (nSPS) is 10.4. The summed E-state index contributed by atoms with van der Waals surface area (Å²) in [5.74, 6) is -0.126. The zero-order valence-corrected chi connectivity index (χ0v) is 9.23. The number of nitrogens with two attached hydrogens (primary N) is 1. The fourth-order valence-electron chi connectivity index (χ4n) is 1.09. The molecular formula is C10H15N5O. The molecule has 0 aliphatic rings. The van der Waals surface area contributed by atoms with Crippen molar-refractivity contribution in [1.82, 2.24) is 5.43 Å². The number of guanidine groups is 1. The van der Waals surface area contributed by atoms with E-state index >= 15 is 0 Å². The number of phenols is 1. The third-order valence-electron chi connectivity index (χ3n) is 1.92. The molecule has 1 aromatic rings. The van der Waals surface area contributed by atoms with Gasteiger partial charge in [0.2, 0.25) is 5.96 Å². The van der Waals surface area contributed by atoms with Gasteiger partial charge in [0.15, 0.2) is 0 Å². The van der Waals surface area contributed by atoms with E-state index in [1.165, 1.54) is 6.21 Å². The van der Waals surface area contributed by atoms with Gasteiger partial charge >= 0.3 is 0 Å². The molecule has 0 saturated carbocycles. The van der Waals surface area contributed by atoms with Gasteiger partial charge in [-0.05, 0) is 18.2 Å². The third kappa shape index (κ3) is 3.16. The van der Waals surface area contributed by atoms with Gasteiger partial charge in [0.25, 0.3) is 0 Å². The standard InChI is InChI=1S/C10H15N5O/c1-15(2)8-3-4-9(16)7(5-8)6-13-14-10(11)12/h3-6,16H,1-2H3,(H4,11,12,14)/b13-6+. The minimum atomic E-state index is -0.250. The van der Waals surface area contributed by atoms with E-state index in [2.05, 4.69) is 10.5 Å². The summed E-state index contributed by atoms with van der Waals surface area (Å²) in [7, 11) is 3.81. The number of hydrazone groups is 1. The lowest BCUT2D eigenvalue weighted by Crippen LogP contribution is -2.25. The van der Waals surface area contributed by atoms with Gasteiger partial charge in [0.05, 0.1) is 6.21 Å². The van der Waals surface area contributed by atoms with Crippen LogP contribution in [0, 0.1) is 5.41 Å². The Bertz CT molecular complexity index is 414. The molecule has 5 N–H and O–H groups in total. The maximum Gasteiger partial charge on any atom is 0.206 e. The molecule has 0 bridgehead atoms. The fourth-order valence-corrected chi connectivity index (χ4v) is 1.09. The summed E-state index contributed by atoms with van der Waals surface area (Å²) in [5.41, 5.74) is 8.84. The van der Waals surface area contributed by atoms with E-state index in [0.29, 0.717) is 5.56 Å². The summed E-state index contributed by atoms with van der Waals surface area (Å²) < 4.78 is 0. The first-order chi connectivity index (χ1) is 7.50. The van der Waals surface area contributed by atoms with E-state index in [1.807, 2.05) is 19.0 Å². The number of phenolic OH excluding ortho intramolecular Hbond substituents is 1. The summed E-state index contributed by atoms with van der Waals surface area (Å²) in [5, 5.41) is 20.2. The van der Waals surface area contributed by atoms with Gasteiger partial charge in [-0.3, -0.25) is 5.41 Å². The van der Waals surface area contributed by atoms with E-state index in [-0.39, 0.29) is 11.7 Å². The second kappa shape index (κ2) is 5.01. The molecule has 0 unspecified atom stereocenters. The van der Waals surface area contributed by atoms with Crippen LogP contribution in [0.15, 0.2) is 23.3 Å². The van der Waals surface area contributed by atoms with E-state index < -0.39 is 0 Å². The number of anilines is 1. The second-order valence-corrected chi connectivity index (χ2v) is 3.42. The third-order valence-corrected chi connectivity index (χ3v) is 1.92. The second-order valence-electron chi connectivity index (χ2n) is 3.42. The van der Waals surface area contributed by atoms with Gasteiger partial charge in [0.1, 0.15) is 5.75 Å². The van der Waals surface area contributed by atoms with Crippen molar-refractivity contribution < 1.29 is 5.11 Å². The van der Waals surface area contributed by atoms with Crippen LogP contribution in [0.2, 0.25) is 0 Å². The number of nitrogens with one attached hydrogen (secondary N) is 2. The predicted octanol–water partition coefficient (Wildman–Crippen LogP) is 0.275. The van der Waals surface area contributed by atoms with Crippen LogP contribution in [0.25, 0.3) is 0 Å². The Morgan fingerprint density at radius 1 is 1.56 bits per heavy atom. The highest BCUT2D eigenvalue weighted by Gasteiger charge is 2.01. The first-order valence-electron chi connectivity index (χ1n) is 4.64. The zero-order chi connectivity index (χ0) is 12.1. The quantitative estimate of drug-likeness (QED) is 0.334. The summed E-state index contributed by atoms with van der Waals surface area (Å²) in [6.45, 7) is 0. The molecule has 0 aliphatic carbocycles. The molecule has 0 radical (unpaired) electrons. The Labute approximate surface area is 93.9 Å². The lowest BCUT2D eigenvalue weighted by atomic mass is 10.2. The molecule has 6 nitrogen and oxygen atoms in total. The Balaban J connectivity index is 2.90. The van der Waals surface area contributed by atoms with Crippen molar-refractivity contribution in [3.05, 3.63) is 23.8 Å². The van der Waals surface area contributed by atoms with Crippen molar-refractivity contribution in [2.45, 2.75) is 0 Å². The fraction of sp³-hybridized carbons (Fsp3) is 0.200. The summed E-state index contributed by atoms with van der Waals surface area (Å²) in [6, 6.07) is 5.16. The molecule has 0 heterocycles. The summed E-state index contributed by atoms with van der Waals surface area (Å²) >= 11 is 0. The average Bonchev–Trinajstić information content (AvgIpc) is 2.20. The number of hydrogen-bond donors (Lipinski definition) is 4. The Kier molecular flexibility index (Phi) is 3.71. The van der Waals surface area contributed by atoms with Crippen molar-refractivity contribution in [3.63, 3.8) is 0 Å². The van der Waals surface area contributed by atoms with Gasteiger partial charge in [-0.1, -0.05) is 0 Å². The van der Waals surface area contributed by atoms with E-state index in [4.69, 9.17) is 11.1 Å². The molecule has 0 amide bonds. The van der Waals surface area contributed by atoms with Crippen molar-refractivity contribution in [2.24, 2.45) is 10.8 Å². The molecule has 0 atom stereocenters. The van der Waals surface area contributed by atoms with Crippen LogP contribution < -0.4 is 16.1 Å². The van der Waals surface area contributed by atoms with Gasteiger partial charge in [-0.25, -0.2) is 5.43 Å². The monoisotopic (exact) mass is 221 g/mol. The van der Waals surface area contributed by atoms with Gasteiger partial charge in [-0.15, -0.1) is 0 Å². The summed E-state index contributed by atoms with van der Waals surface area (Å²) in [6.07, 6.45) is 1.41. The van der Waals surface area contributed by atoms with Crippen LogP contribution in [-0.2, 0) is 0 Å². The molecular weight excluding hydrogens is 206 g/mol. The lowest BCUT2D eigenvalue weighted by Gasteiger charge is -2.13. The molecule has 0 aliphatic heterocycles. The molecule has 16 heavy (non-hydrogen) atoms. The number of benzene rings is 1. The molecule has 6 heteroatoms. The van der Waals surface area contributed by atoms with Gasteiger partial charge in [-0.2, -0.15) is 5.10 Å². The molecule has 86 valence electrons. The zero-order valence-electron chi connectivity index (χ0n) is 9.23. The topological polar surface area (TPSA) is 97.7 Å². The van der Waals surface area contributed by atoms with Crippen LogP contribution in [0.4, 0.5) is 5.69 Å². The largest absolute Gasteiger partial charge is 0.507 e.